The molecule has 2 amide bonds. The number of nitro groups is 1. The SMILES string of the molecule is Cc1cccc(NC(=O)C(=Cc2ccco2)NC(=O)c2ccc([N+](=O)[O-])cc2)c1. The Bertz CT molecular complexity index is 1070. The van der Waals surface area contributed by atoms with Crippen molar-refractivity contribution in [3.63, 3.8) is 0 Å². The molecule has 0 aliphatic rings. The number of furan rings is 1. The molecule has 146 valence electrons. The van der Waals surface area contributed by atoms with Crippen LogP contribution in [0.2, 0.25) is 0 Å². The van der Waals surface area contributed by atoms with E-state index in [0.29, 0.717) is 11.4 Å². The van der Waals surface area contributed by atoms with Crippen LogP contribution < -0.4 is 10.6 Å². The fourth-order valence-corrected chi connectivity index (χ4v) is 2.52. The van der Waals surface area contributed by atoms with Crippen LogP contribution in [0.25, 0.3) is 6.08 Å². The summed E-state index contributed by atoms with van der Waals surface area (Å²) in [5.41, 5.74) is 1.54. The Labute approximate surface area is 166 Å². The number of aryl methyl sites for hydroxylation is 1. The van der Waals surface area contributed by atoms with Gasteiger partial charge in [0.2, 0.25) is 0 Å². The van der Waals surface area contributed by atoms with E-state index in [9.17, 15) is 19.7 Å². The molecule has 0 spiro atoms. The minimum atomic E-state index is -0.586. The molecular formula is C21H17N3O5. The lowest BCUT2D eigenvalue weighted by molar-refractivity contribution is -0.384. The van der Waals surface area contributed by atoms with E-state index in [2.05, 4.69) is 10.6 Å². The number of anilines is 1. The molecule has 0 fully saturated rings. The number of hydrogen-bond donors (Lipinski definition) is 2. The van der Waals surface area contributed by atoms with E-state index in [4.69, 9.17) is 4.42 Å². The van der Waals surface area contributed by atoms with Gasteiger partial charge in [-0.2, -0.15) is 0 Å². The Morgan fingerprint density at radius 2 is 1.83 bits per heavy atom. The predicted octanol–water partition coefficient (Wildman–Crippen LogP) is 3.91. The molecule has 0 saturated carbocycles. The number of nitro benzene ring substituents is 1. The highest BCUT2D eigenvalue weighted by molar-refractivity contribution is 6.10. The summed E-state index contributed by atoms with van der Waals surface area (Å²) in [6, 6.07) is 15.6. The molecule has 8 heteroatoms. The van der Waals surface area contributed by atoms with Crippen LogP contribution in [0.3, 0.4) is 0 Å². The zero-order valence-electron chi connectivity index (χ0n) is 15.4. The van der Waals surface area contributed by atoms with Crippen molar-refractivity contribution in [1.82, 2.24) is 5.32 Å². The molecule has 2 N–H and O–H groups in total. The van der Waals surface area contributed by atoms with Gasteiger partial charge in [-0.25, -0.2) is 0 Å². The lowest BCUT2D eigenvalue weighted by Gasteiger charge is -2.11. The van der Waals surface area contributed by atoms with Crippen molar-refractivity contribution < 1.29 is 18.9 Å². The van der Waals surface area contributed by atoms with Gasteiger partial charge in [0.1, 0.15) is 11.5 Å². The van der Waals surface area contributed by atoms with E-state index in [0.717, 1.165) is 5.56 Å². The average Bonchev–Trinajstić information content (AvgIpc) is 3.20. The minimum Gasteiger partial charge on any atom is -0.465 e. The van der Waals surface area contributed by atoms with Crippen LogP contribution in [0.5, 0.6) is 0 Å². The molecule has 0 aliphatic carbocycles. The molecule has 29 heavy (non-hydrogen) atoms. The third kappa shape index (κ3) is 5.16. The standard InChI is InChI=1S/C21H17N3O5/c1-14-4-2-5-16(12-14)22-21(26)19(13-18-6-3-11-29-18)23-20(25)15-7-9-17(10-8-15)24(27)28/h2-13H,1H3,(H,22,26)(H,23,25). The Morgan fingerprint density at radius 1 is 1.07 bits per heavy atom. The summed E-state index contributed by atoms with van der Waals surface area (Å²) in [5.74, 6) is -0.747. The van der Waals surface area contributed by atoms with Crippen LogP contribution in [-0.4, -0.2) is 16.7 Å². The van der Waals surface area contributed by atoms with Gasteiger partial charge in [0, 0.05) is 29.5 Å². The first-order chi connectivity index (χ1) is 13.9. The molecule has 0 aliphatic heterocycles. The highest BCUT2D eigenvalue weighted by Crippen LogP contribution is 2.15. The zero-order chi connectivity index (χ0) is 20.8. The molecule has 0 bridgehead atoms. The first kappa shape index (κ1) is 19.6. The van der Waals surface area contributed by atoms with Gasteiger partial charge in [-0.15, -0.1) is 0 Å². The number of carbonyl (C=O) groups is 2. The van der Waals surface area contributed by atoms with Gasteiger partial charge in [0.05, 0.1) is 11.2 Å². The summed E-state index contributed by atoms with van der Waals surface area (Å²) in [6.45, 7) is 1.89. The highest BCUT2D eigenvalue weighted by atomic mass is 16.6. The van der Waals surface area contributed by atoms with Gasteiger partial charge in [0.15, 0.2) is 0 Å². The summed E-state index contributed by atoms with van der Waals surface area (Å²) >= 11 is 0. The van der Waals surface area contributed by atoms with E-state index in [1.54, 1.807) is 30.3 Å². The number of benzene rings is 2. The smallest absolute Gasteiger partial charge is 0.272 e. The molecule has 8 nitrogen and oxygen atoms in total. The van der Waals surface area contributed by atoms with Crippen molar-refractivity contribution in [3.8, 4) is 0 Å². The molecular weight excluding hydrogens is 374 g/mol. The Balaban J connectivity index is 1.82. The number of hydrogen-bond acceptors (Lipinski definition) is 5. The quantitative estimate of drug-likeness (QED) is 0.376. The van der Waals surface area contributed by atoms with Crippen molar-refractivity contribution in [2.75, 3.05) is 5.32 Å². The Kier molecular flexibility index (Phi) is 5.84. The van der Waals surface area contributed by atoms with E-state index in [1.807, 2.05) is 13.0 Å². The Morgan fingerprint density at radius 3 is 2.45 bits per heavy atom. The maximum atomic E-state index is 12.7. The number of nitrogens with one attached hydrogen (secondary N) is 2. The lowest BCUT2D eigenvalue weighted by atomic mass is 10.2. The number of non-ortho nitro benzene ring substituents is 1. The first-order valence-electron chi connectivity index (χ1n) is 8.61. The molecule has 1 heterocycles. The van der Waals surface area contributed by atoms with Crippen molar-refractivity contribution >= 4 is 29.3 Å². The maximum Gasteiger partial charge on any atom is 0.272 e. The van der Waals surface area contributed by atoms with E-state index >= 15 is 0 Å². The summed E-state index contributed by atoms with van der Waals surface area (Å²) < 4.78 is 5.23. The molecule has 0 radical (unpaired) electrons. The van der Waals surface area contributed by atoms with Gasteiger partial charge in [0.25, 0.3) is 17.5 Å². The number of rotatable bonds is 6. The third-order valence-electron chi connectivity index (χ3n) is 3.94. The zero-order valence-corrected chi connectivity index (χ0v) is 15.4. The van der Waals surface area contributed by atoms with Gasteiger partial charge in [-0.1, -0.05) is 12.1 Å². The van der Waals surface area contributed by atoms with E-state index < -0.39 is 16.7 Å². The third-order valence-corrected chi connectivity index (χ3v) is 3.94. The lowest BCUT2D eigenvalue weighted by Crippen LogP contribution is -2.30. The second-order valence-electron chi connectivity index (χ2n) is 6.16. The van der Waals surface area contributed by atoms with Gasteiger partial charge in [-0.05, 0) is 48.9 Å². The molecule has 0 atom stereocenters. The van der Waals surface area contributed by atoms with Crippen LogP contribution in [0, 0.1) is 17.0 Å². The monoisotopic (exact) mass is 391 g/mol. The summed E-state index contributed by atoms with van der Waals surface area (Å²) in [7, 11) is 0. The molecule has 3 rings (SSSR count). The number of amides is 2. The average molecular weight is 391 g/mol. The molecule has 0 saturated heterocycles. The summed E-state index contributed by atoms with van der Waals surface area (Å²) in [4.78, 5) is 35.5. The van der Waals surface area contributed by atoms with Crippen LogP contribution >= 0.6 is 0 Å². The Hall–Kier alpha value is -4.20. The van der Waals surface area contributed by atoms with Crippen molar-refractivity contribution in [3.05, 3.63) is 99.6 Å². The maximum absolute atomic E-state index is 12.7. The van der Waals surface area contributed by atoms with Gasteiger partial charge < -0.3 is 15.1 Å². The highest BCUT2D eigenvalue weighted by Gasteiger charge is 2.16. The van der Waals surface area contributed by atoms with E-state index in [1.165, 1.54) is 36.6 Å². The van der Waals surface area contributed by atoms with Crippen LogP contribution in [-0.2, 0) is 4.79 Å². The van der Waals surface area contributed by atoms with Gasteiger partial charge >= 0.3 is 0 Å². The predicted molar refractivity (Wildman–Crippen MR) is 107 cm³/mol. The second-order valence-corrected chi connectivity index (χ2v) is 6.16. The minimum absolute atomic E-state index is 0.0372. The summed E-state index contributed by atoms with van der Waals surface area (Å²) in [5, 5.41) is 16.0. The second kappa shape index (κ2) is 8.66. The van der Waals surface area contributed by atoms with Crippen molar-refractivity contribution in [2.24, 2.45) is 0 Å². The van der Waals surface area contributed by atoms with Crippen LogP contribution in [0.4, 0.5) is 11.4 Å². The molecule has 3 aromatic rings. The van der Waals surface area contributed by atoms with Crippen molar-refractivity contribution in [2.45, 2.75) is 6.92 Å². The normalized spacial score (nSPS) is 11.0. The fourth-order valence-electron chi connectivity index (χ4n) is 2.52. The van der Waals surface area contributed by atoms with Crippen molar-refractivity contribution in [1.29, 1.82) is 0 Å². The first-order valence-corrected chi connectivity index (χ1v) is 8.61. The summed E-state index contributed by atoms with van der Waals surface area (Å²) in [6.07, 6.45) is 2.84. The number of carbonyl (C=O) groups excluding carboxylic acids is 2. The largest absolute Gasteiger partial charge is 0.465 e. The number of nitrogens with zero attached hydrogens (tertiary/aromatic N) is 1. The molecule has 0 unspecified atom stereocenters. The molecule has 2 aromatic carbocycles. The topological polar surface area (TPSA) is 114 Å². The molecule has 1 aromatic heterocycles. The fraction of sp³-hybridized carbons (Fsp3) is 0.0476. The van der Waals surface area contributed by atoms with E-state index in [-0.39, 0.29) is 16.9 Å². The van der Waals surface area contributed by atoms with Gasteiger partial charge in [-0.3, -0.25) is 19.7 Å². The van der Waals surface area contributed by atoms with Crippen LogP contribution in [0.15, 0.2) is 77.0 Å². The van der Waals surface area contributed by atoms with Crippen LogP contribution in [0.1, 0.15) is 21.7 Å².